The third-order valence-electron chi connectivity index (χ3n) is 4.51. The number of carbonyl (C=O) groups excluding carboxylic acids is 1. The van der Waals surface area contributed by atoms with Gasteiger partial charge in [-0.3, -0.25) is 4.79 Å². The molecule has 18 heavy (non-hydrogen) atoms. The van der Waals surface area contributed by atoms with Crippen LogP contribution in [-0.4, -0.2) is 41.1 Å². The first-order valence-electron chi connectivity index (χ1n) is 7.41. The Labute approximate surface area is 110 Å². The van der Waals surface area contributed by atoms with Crippen molar-refractivity contribution in [1.82, 2.24) is 4.90 Å². The van der Waals surface area contributed by atoms with E-state index in [1.54, 1.807) is 0 Å². The second-order valence-corrected chi connectivity index (χ2v) is 5.77. The van der Waals surface area contributed by atoms with Crippen LogP contribution in [0.2, 0.25) is 0 Å². The number of aliphatic hydroxyl groups excluding tert-OH is 1. The van der Waals surface area contributed by atoms with E-state index < -0.39 is 0 Å². The fourth-order valence-electron chi connectivity index (χ4n) is 3.34. The van der Waals surface area contributed by atoms with Gasteiger partial charge in [-0.2, -0.15) is 0 Å². The molecule has 1 saturated heterocycles. The van der Waals surface area contributed by atoms with Crippen LogP contribution < -0.4 is 5.73 Å². The molecule has 0 aromatic carbocycles. The summed E-state index contributed by atoms with van der Waals surface area (Å²) in [4.78, 5) is 14.5. The van der Waals surface area contributed by atoms with Crippen molar-refractivity contribution in [2.75, 3.05) is 13.2 Å². The summed E-state index contributed by atoms with van der Waals surface area (Å²) in [5.41, 5.74) is 6.10. The minimum atomic E-state index is -0.00843. The Morgan fingerprint density at radius 3 is 2.56 bits per heavy atom. The summed E-state index contributed by atoms with van der Waals surface area (Å²) >= 11 is 0. The number of rotatable bonds is 2. The second kappa shape index (κ2) is 6.53. The molecule has 0 bridgehead atoms. The Balaban J connectivity index is 2.04. The predicted molar refractivity (Wildman–Crippen MR) is 71.0 cm³/mol. The Kier molecular flexibility index (Phi) is 5.01. The van der Waals surface area contributed by atoms with Gasteiger partial charge in [0.1, 0.15) is 0 Å². The number of nitrogens with two attached hydrogens (primary N) is 1. The number of hydrogen-bond acceptors (Lipinski definition) is 3. The maximum atomic E-state index is 12.6. The molecule has 0 spiro atoms. The highest BCUT2D eigenvalue weighted by Gasteiger charge is 2.34. The van der Waals surface area contributed by atoms with E-state index in [0.29, 0.717) is 0 Å². The van der Waals surface area contributed by atoms with Gasteiger partial charge in [-0.25, -0.2) is 0 Å². The lowest BCUT2D eigenvalue weighted by molar-refractivity contribution is -0.140. The molecule has 104 valence electrons. The highest BCUT2D eigenvalue weighted by atomic mass is 16.3. The van der Waals surface area contributed by atoms with Gasteiger partial charge in [-0.05, 0) is 25.7 Å². The average molecular weight is 254 g/mol. The van der Waals surface area contributed by atoms with E-state index in [9.17, 15) is 9.90 Å². The van der Waals surface area contributed by atoms with Crippen molar-refractivity contribution in [3.63, 3.8) is 0 Å². The lowest BCUT2D eigenvalue weighted by atomic mass is 9.84. The predicted octanol–water partition coefficient (Wildman–Crippen LogP) is 1.27. The van der Waals surface area contributed by atoms with Crippen LogP contribution in [-0.2, 0) is 4.79 Å². The summed E-state index contributed by atoms with van der Waals surface area (Å²) in [5, 5.41) is 9.47. The van der Waals surface area contributed by atoms with Crippen molar-refractivity contribution >= 4 is 5.91 Å². The van der Waals surface area contributed by atoms with Crippen LogP contribution in [0.4, 0.5) is 0 Å². The highest BCUT2D eigenvalue weighted by Crippen LogP contribution is 2.27. The minimum Gasteiger partial charge on any atom is -0.394 e. The lowest BCUT2D eigenvalue weighted by Gasteiger charge is -2.36. The summed E-state index contributed by atoms with van der Waals surface area (Å²) < 4.78 is 0. The molecule has 4 nitrogen and oxygen atoms in total. The Hall–Kier alpha value is -0.610. The summed E-state index contributed by atoms with van der Waals surface area (Å²) in [6.45, 7) is 0.890. The first-order valence-corrected chi connectivity index (χ1v) is 7.41. The molecule has 0 aromatic rings. The van der Waals surface area contributed by atoms with E-state index in [4.69, 9.17) is 5.73 Å². The molecule has 2 rings (SSSR count). The molecular formula is C14H26N2O2. The molecule has 2 aliphatic rings. The molecule has 4 heteroatoms. The van der Waals surface area contributed by atoms with Gasteiger partial charge in [0, 0.05) is 12.6 Å². The molecule has 1 aliphatic heterocycles. The largest absolute Gasteiger partial charge is 0.394 e. The van der Waals surface area contributed by atoms with Crippen LogP contribution in [0.5, 0.6) is 0 Å². The zero-order valence-corrected chi connectivity index (χ0v) is 11.2. The lowest BCUT2D eigenvalue weighted by Crippen LogP contribution is -2.50. The van der Waals surface area contributed by atoms with Gasteiger partial charge in [0.15, 0.2) is 0 Å². The van der Waals surface area contributed by atoms with Gasteiger partial charge in [-0.15, -0.1) is 0 Å². The summed E-state index contributed by atoms with van der Waals surface area (Å²) in [6, 6.07) is 0.0444. The first-order chi connectivity index (χ1) is 8.74. The van der Waals surface area contributed by atoms with Crippen LogP contribution in [0.25, 0.3) is 0 Å². The molecule has 0 aromatic heterocycles. The standard InChI is InChI=1S/C14H26N2O2/c15-13-8-4-3-7-12(13)14(18)16-9-5-1-2-6-11(16)10-17/h11-13,17H,1-10,15H2. The van der Waals surface area contributed by atoms with E-state index in [0.717, 1.165) is 57.9 Å². The molecule has 1 saturated carbocycles. The van der Waals surface area contributed by atoms with E-state index in [2.05, 4.69) is 0 Å². The molecule has 2 fully saturated rings. The van der Waals surface area contributed by atoms with E-state index in [1.165, 1.54) is 0 Å². The van der Waals surface area contributed by atoms with Crippen molar-refractivity contribution in [3.8, 4) is 0 Å². The molecule has 3 N–H and O–H groups in total. The molecule has 1 amide bonds. The topological polar surface area (TPSA) is 66.6 Å². The third kappa shape index (κ3) is 3.04. The van der Waals surface area contributed by atoms with E-state index in [-0.39, 0.29) is 30.5 Å². The van der Waals surface area contributed by atoms with Crippen molar-refractivity contribution in [2.24, 2.45) is 11.7 Å². The normalized spacial score (nSPS) is 34.1. The van der Waals surface area contributed by atoms with Gasteiger partial charge in [0.05, 0.1) is 18.6 Å². The highest BCUT2D eigenvalue weighted by molar-refractivity contribution is 5.80. The van der Waals surface area contributed by atoms with Gasteiger partial charge in [0.2, 0.25) is 5.91 Å². The summed E-state index contributed by atoms with van der Waals surface area (Å²) in [6.07, 6.45) is 8.43. The van der Waals surface area contributed by atoms with Crippen LogP contribution in [0, 0.1) is 5.92 Å². The number of aliphatic hydroxyl groups is 1. The maximum absolute atomic E-state index is 12.6. The number of amides is 1. The van der Waals surface area contributed by atoms with Crippen LogP contribution >= 0.6 is 0 Å². The quantitative estimate of drug-likeness (QED) is 0.780. The van der Waals surface area contributed by atoms with E-state index >= 15 is 0 Å². The Morgan fingerprint density at radius 1 is 1.11 bits per heavy atom. The smallest absolute Gasteiger partial charge is 0.227 e. The Bertz CT molecular complexity index is 283. The summed E-state index contributed by atoms with van der Waals surface area (Å²) in [7, 11) is 0. The third-order valence-corrected chi connectivity index (χ3v) is 4.51. The van der Waals surface area contributed by atoms with Crippen molar-refractivity contribution in [1.29, 1.82) is 0 Å². The number of likely N-dealkylation sites (tertiary alicyclic amines) is 1. The fraction of sp³-hybridized carbons (Fsp3) is 0.929. The van der Waals surface area contributed by atoms with Crippen molar-refractivity contribution in [2.45, 2.75) is 63.5 Å². The van der Waals surface area contributed by atoms with Gasteiger partial charge in [-0.1, -0.05) is 25.7 Å². The molecular weight excluding hydrogens is 228 g/mol. The van der Waals surface area contributed by atoms with Crippen molar-refractivity contribution in [3.05, 3.63) is 0 Å². The monoisotopic (exact) mass is 254 g/mol. The number of hydrogen-bond donors (Lipinski definition) is 2. The van der Waals surface area contributed by atoms with E-state index in [1.807, 2.05) is 4.90 Å². The number of carbonyl (C=O) groups is 1. The van der Waals surface area contributed by atoms with Gasteiger partial charge in [0.25, 0.3) is 0 Å². The molecule has 3 unspecified atom stereocenters. The zero-order chi connectivity index (χ0) is 13.0. The first kappa shape index (κ1) is 13.8. The average Bonchev–Trinajstić information content (AvgIpc) is 2.63. The van der Waals surface area contributed by atoms with Crippen LogP contribution in [0.3, 0.4) is 0 Å². The van der Waals surface area contributed by atoms with Crippen LogP contribution in [0.15, 0.2) is 0 Å². The fourth-order valence-corrected chi connectivity index (χ4v) is 3.34. The molecule has 0 radical (unpaired) electrons. The molecule has 3 atom stereocenters. The second-order valence-electron chi connectivity index (χ2n) is 5.77. The Morgan fingerprint density at radius 2 is 1.83 bits per heavy atom. The molecule has 1 heterocycles. The maximum Gasteiger partial charge on any atom is 0.227 e. The van der Waals surface area contributed by atoms with Gasteiger partial charge < -0.3 is 15.7 Å². The number of nitrogens with zero attached hydrogens (tertiary/aromatic N) is 1. The molecule has 1 aliphatic carbocycles. The SMILES string of the molecule is NC1CCCCC1C(=O)N1CCCCCC1CO. The summed E-state index contributed by atoms with van der Waals surface area (Å²) in [5.74, 6) is 0.189. The minimum absolute atomic E-state index is 0.00843. The van der Waals surface area contributed by atoms with Crippen molar-refractivity contribution < 1.29 is 9.90 Å². The van der Waals surface area contributed by atoms with Crippen LogP contribution in [0.1, 0.15) is 51.4 Å². The van der Waals surface area contributed by atoms with Gasteiger partial charge >= 0.3 is 0 Å². The zero-order valence-electron chi connectivity index (χ0n) is 11.2.